The van der Waals surface area contributed by atoms with Crippen molar-refractivity contribution in [1.82, 2.24) is 4.57 Å². The van der Waals surface area contributed by atoms with Gasteiger partial charge in [-0.25, -0.2) is 9.18 Å². The molecule has 0 radical (unpaired) electrons. The molecule has 0 aliphatic carbocycles. The number of benzene rings is 1. The summed E-state index contributed by atoms with van der Waals surface area (Å²) in [6.45, 7) is -0.452. The second-order valence-corrected chi connectivity index (χ2v) is 4.19. The fraction of sp³-hybridized carbons (Fsp3) is 0.143. The van der Waals surface area contributed by atoms with Crippen LogP contribution < -0.4 is 5.56 Å². The average molecular weight is 277 g/mol. The minimum absolute atomic E-state index is 0.386. The van der Waals surface area contributed by atoms with E-state index in [9.17, 15) is 19.1 Å². The van der Waals surface area contributed by atoms with Crippen molar-refractivity contribution in [3.63, 3.8) is 0 Å². The average Bonchev–Trinajstić information content (AvgIpc) is 2.41. The van der Waals surface area contributed by atoms with Gasteiger partial charge < -0.3 is 14.8 Å². The predicted octanol–water partition coefficient (Wildman–Crippen LogP) is 1.27. The molecule has 0 spiro atoms. The molecular formula is C14H12FNO4. The van der Waals surface area contributed by atoms with Crippen LogP contribution in [-0.2, 0) is 0 Å². The Labute approximate surface area is 113 Å². The Morgan fingerprint density at radius 3 is 2.65 bits per heavy atom. The zero-order valence-corrected chi connectivity index (χ0v) is 10.4. The maximum atomic E-state index is 13.2. The molecule has 0 aliphatic rings. The van der Waals surface area contributed by atoms with Crippen LogP contribution in [0.15, 0.2) is 47.4 Å². The van der Waals surface area contributed by atoms with Crippen LogP contribution in [-0.4, -0.2) is 27.4 Å². The molecule has 0 aliphatic heterocycles. The number of pyridine rings is 1. The molecule has 2 aromatic rings. The van der Waals surface area contributed by atoms with Crippen molar-refractivity contribution < 1.29 is 19.4 Å². The SMILES string of the molecule is O=C(O)c1cccn(C(CO)c2cccc(F)c2)c1=O. The van der Waals surface area contributed by atoms with Gasteiger partial charge in [0, 0.05) is 6.20 Å². The number of aliphatic hydroxyl groups excluding tert-OH is 1. The summed E-state index contributed by atoms with van der Waals surface area (Å²) < 4.78 is 14.3. The number of nitrogens with zero attached hydrogens (tertiary/aromatic N) is 1. The van der Waals surface area contributed by atoms with Crippen LogP contribution >= 0.6 is 0 Å². The van der Waals surface area contributed by atoms with Crippen LogP contribution in [0.3, 0.4) is 0 Å². The molecule has 1 heterocycles. The number of hydrogen-bond donors (Lipinski definition) is 2. The number of carboxylic acid groups (broad SMARTS) is 1. The van der Waals surface area contributed by atoms with Gasteiger partial charge in [0.05, 0.1) is 12.6 Å². The van der Waals surface area contributed by atoms with Crippen LogP contribution in [0.25, 0.3) is 0 Å². The Morgan fingerprint density at radius 2 is 2.05 bits per heavy atom. The van der Waals surface area contributed by atoms with Crippen LogP contribution in [0.2, 0.25) is 0 Å². The van der Waals surface area contributed by atoms with E-state index in [1.54, 1.807) is 6.07 Å². The van der Waals surface area contributed by atoms with Crippen molar-refractivity contribution in [3.8, 4) is 0 Å². The molecule has 20 heavy (non-hydrogen) atoms. The lowest BCUT2D eigenvalue weighted by Crippen LogP contribution is -2.31. The third-order valence-corrected chi connectivity index (χ3v) is 2.95. The van der Waals surface area contributed by atoms with E-state index in [1.807, 2.05) is 0 Å². The van der Waals surface area contributed by atoms with Crippen molar-refractivity contribution >= 4 is 5.97 Å². The van der Waals surface area contributed by atoms with Crippen LogP contribution in [0.4, 0.5) is 4.39 Å². The van der Waals surface area contributed by atoms with E-state index in [-0.39, 0.29) is 0 Å². The summed E-state index contributed by atoms with van der Waals surface area (Å²) in [7, 11) is 0. The number of hydrogen-bond acceptors (Lipinski definition) is 3. The summed E-state index contributed by atoms with van der Waals surface area (Å²) in [5.41, 5.74) is -0.761. The Hall–Kier alpha value is -2.47. The lowest BCUT2D eigenvalue weighted by atomic mass is 10.1. The Morgan fingerprint density at radius 1 is 1.30 bits per heavy atom. The molecule has 2 rings (SSSR count). The van der Waals surface area contributed by atoms with E-state index in [1.165, 1.54) is 36.5 Å². The van der Waals surface area contributed by atoms with E-state index in [4.69, 9.17) is 5.11 Å². The zero-order valence-electron chi connectivity index (χ0n) is 10.4. The van der Waals surface area contributed by atoms with Crippen LogP contribution in [0.1, 0.15) is 22.0 Å². The third-order valence-electron chi connectivity index (χ3n) is 2.95. The summed E-state index contributed by atoms with van der Waals surface area (Å²) in [6.07, 6.45) is 1.36. The molecule has 1 atom stereocenters. The van der Waals surface area contributed by atoms with Gasteiger partial charge in [0.2, 0.25) is 0 Å². The molecule has 0 fully saturated rings. The first-order valence-electron chi connectivity index (χ1n) is 5.85. The number of rotatable bonds is 4. The van der Waals surface area contributed by atoms with Crippen molar-refractivity contribution in [3.05, 3.63) is 69.9 Å². The van der Waals surface area contributed by atoms with Gasteiger partial charge in [-0.1, -0.05) is 12.1 Å². The number of carbonyl (C=O) groups is 1. The highest BCUT2D eigenvalue weighted by molar-refractivity contribution is 5.87. The molecule has 0 amide bonds. The summed E-state index contributed by atoms with van der Waals surface area (Å²) in [5.74, 6) is -1.84. The molecule has 1 aromatic carbocycles. The second kappa shape index (κ2) is 5.66. The van der Waals surface area contributed by atoms with E-state index >= 15 is 0 Å². The molecule has 104 valence electrons. The third kappa shape index (κ3) is 2.60. The first kappa shape index (κ1) is 14.0. The fourth-order valence-corrected chi connectivity index (χ4v) is 1.99. The minimum Gasteiger partial charge on any atom is -0.477 e. The smallest absolute Gasteiger partial charge is 0.341 e. The standard InChI is InChI=1S/C14H12FNO4/c15-10-4-1-3-9(7-10)12(8-17)16-6-2-5-11(13(16)18)14(19)20/h1-7,12,17H,8H2,(H,19,20). The lowest BCUT2D eigenvalue weighted by molar-refractivity contribution is 0.0693. The highest BCUT2D eigenvalue weighted by atomic mass is 19.1. The predicted molar refractivity (Wildman–Crippen MR) is 69.3 cm³/mol. The van der Waals surface area contributed by atoms with Gasteiger partial charge in [-0.3, -0.25) is 4.79 Å². The van der Waals surface area contributed by atoms with E-state index < -0.39 is 35.6 Å². The molecular weight excluding hydrogens is 265 g/mol. The molecule has 1 unspecified atom stereocenters. The second-order valence-electron chi connectivity index (χ2n) is 4.19. The lowest BCUT2D eigenvalue weighted by Gasteiger charge is -2.18. The summed E-state index contributed by atoms with van der Waals surface area (Å²) in [4.78, 5) is 23.0. The number of aliphatic hydroxyl groups is 1. The van der Waals surface area contributed by atoms with Gasteiger partial charge in [0.25, 0.3) is 5.56 Å². The Balaban J connectivity index is 2.56. The molecule has 1 aromatic heterocycles. The quantitative estimate of drug-likeness (QED) is 0.882. The monoisotopic (exact) mass is 277 g/mol. The summed E-state index contributed by atoms with van der Waals surface area (Å²) >= 11 is 0. The van der Waals surface area contributed by atoms with E-state index in [2.05, 4.69) is 0 Å². The first-order valence-corrected chi connectivity index (χ1v) is 5.85. The Kier molecular flexibility index (Phi) is 3.95. The van der Waals surface area contributed by atoms with Gasteiger partial charge in [-0.05, 0) is 29.8 Å². The highest BCUT2D eigenvalue weighted by Gasteiger charge is 2.18. The molecule has 0 saturated carbocycles. The van der Waals surface area contributed by atoms with Crippen LogP contribution in [0, 0.1) is 5.82 Å². The molecule has 0 bridgehead atoms. The van der Waals surface area contributed by atoms with Gasteiger partial charge >= 0.3 is 5.97 Å². The summed E-state index contributed by atoms with van der Waals surface area (Å²) in [5, 5.41) is 18.4. The van der Waals surface area contributed by atoms with Gasteiger partial charge in [0.15, 0.2) is 0 Å². The fourth-order valence-electron chi connectivity index (χ4n) is 1.99. The van der Waals surface area contributed by atoms with Crippen LogP contribution in [0.5, 0.6) is 0 Å². The number of carboxylic acids is 1. The molecule has 5 nitrogen and oxygen atoms in total. The molecule has 6 heteroatoms. The van der Waals surface area contributed by atoms with Gasteiger partial charge in [0.1, 0.15) is 11.4 Å². The summed E-state index contributed by atoms with van der Waals surface area (Å²) in [6, 6.07) is 7.20. The Bertz CT molecular complexity index is 696. The topological polar surface area (TPSA) is 79.5 Å². The minimum atomic E-state index is -1.35. The number of aromatic carboxylic acids is 1. The van der Waals surface area contributed by atoms with Crippen molar-refractivity contribution in [2.75, 3.05) is 6.61 Å². The highest BCUT2D eigenvalue weighted by Crippen LogP contribution is 2.17. The van der Waals surface area contributed by atoms with Gasteiger partial charge in [-0.15, -0.1) is 0 Å². The normalized spacial score (nSPS) is 12.1. The molecule has 0 saturated heterocycles. The van der Waals surface area contributed by atoms with Gasteiger partial charge in [-0.2, -0.15) is 0 Å². The first-order chi connectivity index (χ1) is 9.54. The largest absolute Gasteiger partial charge is 0.477 e. The van der Waals surface area contributed by atoms with Crippen molar-refractivity contribution in [2.45, 2.75) is 6.04 Å². The van der Waals surface area contributed by atoms with E-state index in [0.29, 0.717) is 5.56 Å². The number of halogens is 1. The zero-order chi connectivity index (χ0) is 14.7. The van der Waals surface area contributed by atoms with Crippen molar-refractivity contribution in [1.29, 1.82) is 0 Å². The maximum absolute atomic E-state index is 13.2. The number of aromatic nitrogens is 1. The van der Waals surface area contributed by atoms with E-state index in [0.717, 1.165) is 4.57 Å². The molecule has 2 N–H and O–H groups in total. The maximum Gasteiger partial charge on any atom is 0.341 e. The van der Waals surface area contributed by atoms with Crippen molar-refractivity contribution in [2.24, 2.45) is 0 Å².